The van der Waals surface area contributed by atoms with Crippen LogP contribution in [0.2, 0.25) is 0 Å². The number of aromatic nitrogens is 2. The summed E-state index contributed by atoms with van der Waals surface area (Å²) in [5, 5.41) is 0. The van der Waals surface area contributed by atoms with E-state index in [1.54, 1.807) is 0 Å². The van der Waals surface area contributed by atoms with Gasteiger partial charge in [-0.15, -0.1) is 0 Å². The highest BCUT2D eigenvalue weighted by Crippen LogP contribution is 1.93. The molecule has 0 aliphatic rings. The molecular weight excluding hydrogens is 264 g/mol. The third-order valence-electron chi connectivity index (χ3n) is 2.55. The normalized spacial score (nSPS) is 10.9. The summed E-state index contributed by atoms with van der Waals surface area (Å²) in [6.45, 7) is 2.89. The van der Waals surface area contributed by atoms with Crippen molar-refractivity contribution in [2.24, 2.45) is 14.1 Å². The third kappa shape index (κ3) is 4.20. The van der Waals surface area contributed by atoms with E-state index in [0.29, 0.717) is 13.2 Å². The molecule has 0 N–H and O–H groups in total. The van der Waals surface area contributed by atoms with Crippen LogP contribution in [0.5, 0.6) is 0 Å². The van der Waals surface area contributed by atoms with E-state index in [4.69, 9.17) is 9.47 Å². The van der Waals surface area contributed by atoms with Crippen LogP contribution in [-0.4, -0.2) is 34.9 Å². The van der Waals surface area contributed by atoms with Crippen molar-refractivity contribution in [2.45, 2.75) is 6.92 Å². The van der Waals surface area contributed by atoms with Gasteiger partial charge < -0.3 is 14.0 Å². The summed E-state index contributed by atoms with van der Waals surface area (Å²) in [6, 6.07) is 0. The highest BCUT2D eigenvalue weighted by Gasteiger charge is 2.04. The molecule has 7 heteroatoms. The van der Waals surface area contributed by atoms with Crippen LogP contribution >= 0.6 is 0 Å². The van der Waals surface area contributed by atoms with Gasteiger partial charge in [-0.2, -0.15) is 0 Å². The van der Waals surface area contributed by atoms with E-state index in [-0.39, 0.29) is 12.2 Å². The van der Waals surface area contributed by atoms with Crippen LogP contribution in [0.1, 0.15) is 12.5 Å². The zero-order valence-corrected chi connectivity index (χ0v) is 11.8. The molecule has 0 unspecified atom stereocenters. The SMILES string of the molecule is CCOCCOC(=O)/C=C/c1cn(C)c(=O)n(C)c1=O. The maximum absolute atomic E-state index is 11.8. The van der Waals surface area contributed by atoms with Crippen molar-refractivity contribution in [3.05, 3.63) is 38.7 Å². The molecule has 0 bridgehead atoms. The molecular formula is C13H18N2O5. The second-order valence-corrected chi connectivity index (χ2v) is 4.04. The Kier molecular flexibility index (Phi) is 5.92. The van der Waals surface area contributed by atoms with Gasteiger partial charge in [0.15, 0.2) is 0 Å². The first-order valence-electron chi connectivity index (χ1n) is 6.16. The molecule has 1 heterocycles. The molecule has 20 heavy (non-hydrogen) atoms. The van der Waals surface area contributed by atoms with Gasteiger partial charge in [0, 0.05) is 33.0 Å². The Hall–Kier alpha value is -2.15. The number of ether oxygens (including phenoxy) is 2. The molecule has 0 fully saturated rings. The standard InChI is InChI=1S/C13H18N2O5/c1-4-19-7-8-20-11(16)6-5-10-9-14(2)13(18)15(3)12(10)17/h5-6,9H,4,7-8H2,1-3H3/b6-5+. The lowest BCUT2D eigenvalue weighted by Crippen LogP contribution is -2.37. The van der Waals surface area contributed by atoms with Crippen molar-refractivity contribution in [2.75, 3.05) is 19.8 Å². The maximum Gasteiger partial charge on any atom is 0.330 e. The molecule has 1 aromatic rings. The first-order valence-corrected chi connectivity index (χ1v) is 6.16. The van der Waals surface area contributed by atoms with Crippen LogP contribution in [0.15, 0.2) is 21.9 Å². The van der Waals surface area contributed by atoms with Gasteiger partial charge in [-0.3, -0.25) is 9.36 Å². The fourth-order valence-corrected chi connectivity index (χ4v) is 1.50. The highest BCUT2D eigenvalue weighted by atomic mass is 16.6. The average Bonchev–Trinajstić information content (AvgIpc) is 2.43. The Morgan fingerprint density at radius 1 is 1.30 bits per heavy atom. The Labute approximate surface area is 116 Å². The summed E-state index contributed by atoms with van der Waals surface area (Å²) in [6.07, 6.45) is 3.84. The van der Waals surface area contributed by atoms with Crippen molar-refractivity contribution >= 4 is 12.0 Å². The summed E-state index contributed by atoms with van der Waals surface area (Å²) in [5.74, 6) is -0.569. The molecule has 1 rings (SSSR count). The third-order valence-corrected chi connectivity index (χ3v) is 2.55. The van der Waals surface area contributed by atoms with Crippen LogP contribution in [0, 0.1) is 0 Å². The first-order chi connectivity index (χ1) is 9.47. The topological polar surface area (TPSA) is 79.5 Å². The number of rotatable bonds is 6. The second kappa shape index (κ2) is 7.44. The van der Waals surface area contributed by atoms with Crippen molar-refractivity contribution in [3.63, 3.8) is 0 Å². The van der Waals surface area contributed by atoms with Gasteiger partial charge in [0.25, 0.3) is 5.56 Å². The monoisotopic (exact) mass is 282 g/mol. The Bertz CT molecular complexity index is 612. The van der Waals surface area contributed by atoms with Gasteiger partial charge in [-0.1, -0.05) is 0 Å². The van der Waals surface area contributed by atoms with E-state index < -0.39 is 17.2 Å². The van der Waals surface area contributed by atoms with Crippen LogP contribution < -0.4 is 11.2 Å². The minimum absolute atomic E-state index is 0.155. The molecule has 0 amide bonds. The second-order valence-electron chi connectivity index (χ2n) is 4.04. The van der Waals surface area contributed by atoms with E-state index in [1.807, 2.05) is 6.92 Å². The molecule has 0 saturated heterocycles. The van der Waals surface area contributed by atoms with E-state index >= 15 is 0 Å². The first kappa shape index (κ1) is 15.9. The summed E-state index contributed by atoms with van der Waals surface area (Å²) in [5.41, 5.74) is -0.658. The van der Waals surface area contributed by atoms with Gasteiger partial charge in [0.05, 0.1) is 12.2 Å². The van der Waals surface area contributed by atoms with Crippen LogP contribution in [0.3, 0.4) is 0 Å². The number of carbonyl (C=O) groups excluding carboxylic acids is 1. The predicted octanol–water partition coefficient (Wildman–Crippen LogP) is -0.323. The predicted molar refractivity (Wildman–Crippen MR) is 73.4 cm³/mol. The number of carbonyl (C=O) groups is 1. The quantitative estimate of drug-likeness (QED) is 0.406. The minimum Gasteiger partial charge on any atom is -0.460 e. The van der Waals surface area contributed by atoms with Crippen LogP contribution in [-0.2, 0) is 28.4 Å². The lowest BCUT2D eigenvalue weighted by Gasteiger charge is -2.03. The molecule has 0 aliphatic heterocycles. The Morgan fingerprint density at radius 2 is 2.00 bits per heavy atom. The summed E-state index contributed by atoms with van der Waals surface area (Å²) in [4.78, 5) is 34.6. The Balaban J connectivity index is 2.74. The maximum atomic E-state index is 11.8. The fourth-order valence-electron chi connectivity index (χ4n) is 1.50. The van der Waals surface area contributed by atoms with E-state index in [0.717, 1.165) is 10.6 Å². The molecule has 0 saturated carbocycles. The zero-order valence-electron chi connectivity index (χ0n) is 11.8. The molecule has 0 atom stereocenters. The number of aryl methyl sites for hydroxylation is 1. The zero-order chi connectivity index (χ0) is 15.1. The van der Waals surface area contributed by atoms with Crippen LogP contribution in [0.25, 0.3) is 6.08 Å². The van der Waals surface area contributed by atoms with Gasteiger partial charge in [0.1, 0.15) is 6.61 Å². The summed E-state index contributed by atoms with van der Waals surface area (Å²) in [7, 11) is 2.90. The summed E-state index contributed by atoms with van der Waals surface area (Å²) >= 11 is 0. The minimum atomic E-state index is -0.569. The van der Waals surface area contributed by atoms with E-state index in [1.165, 1.54) is 30.9 Å². The van der Waals surface area contributed by atoms with Gasteiger partial charge in [-0.25, -0.2) is 9.59 Å². The smallest absolute Gasteiger partial charge is 0.330 e. The van der Waals surface area contributed by atoms with Gasteiger partial charge in [-0.05, 0) is 13.0 Å². The number of nitrogens with zero attached hydrogens (tertiary/aromatic N) is 2. The summed E-state index contributed by atoms with van der Waals surface area (Å²) < 4.78 is 12.1. The van der Waals surface area contributed by atoms with E-state index in [2.05, 4.69) is 0 Å². The Morgan fingerprint density at radius 3 is 2.65 bits per heavy atom. The van der Waals surface area contributed by atoms with Gasteiger partial charge >= 0.3 is 11.7 Å². The highest BCUT2D eigenvalue weighted by molar-refractivity contribution is 5.86. The lowest BCUT2D eigenvalue weighted by molar-refractivity contribution is -0.139. The van der Waals surface area contributed by atoms with Crippen molar-refractivity contribution in [1.82, 2.24) is 9.13 Å². The number of hydrogen-bond acceptors (Lipinski definition) is 5. The average molecular weight is 282 g/mol. The van der Waals surface area contributed by atoms with E-state index in [9.17, 15) is 14.4 Å². The largest absolute Gasteiger partial charge is 0.460 e. The van der Waals surface area contributed by atoms with Crippen molar-refractivity contribution < 1.29 is 14.3 Å². The van der Waals surface area contributed by atoms with Crippen LogP contribution in [0.4, 0.5) is 0 Å². The van der Waals surface area contributed by atoms with Crippen molar-refractivity contribution in [3.8, 4) is 0 Å². The fraction of sp³-hybridized carbons (Fsp3) is 0.462. The molecule has 0 aliphatic carbocycles. The molecule has 110 valence electrons. The number of esters is 1. The molecule has 0 spiro atoms. The van der Waals surface area contributed by atoms with Gasteiger partial charge in [0.2, 0.25) is 0 Å². The van der Waals surface area contributed by atoms with Crippen molar-refractivity contribution in [1.29, 1.82) is 0 Å². The number of hydrogen-bond donors (Lipinski definition) is 0. The molecule has 0 radical (unpaired) electrons. The molecule has 1 aromatic heterocycles. The molecule has 0 aromatic carbocycles. The lowest BCUT2D eigenvalue weighted by atomic mass is 10.3. The molecule has 7 nitrogen and oxygen atoms in total.